The van der Waals surface area contributed by atoms with E-state index in [1.807, 2.05) is 48.5 Å². The van der Waals surface area contributed by atoms with Crippen LogP contribution in [0, 0.1) is 5.82 Å². The van der Waals surface area contributed by atoms with Crippen LogP contribution in [0.1, 0.15) is 11.1 Å². The topological polar surface area (TPSA) is 27.7 Å². The Morgan fingerprint density at radius 1 is 0.885 bits per heavy atom. The van der Waals surface area contributed by atoms with Crippen molar-refractivity contribution in [2.75, 3.05) is 7.11 Å². The van der Waals surface area contributed by atoms with Crippen LogP contribution in [-0.2, 0) is 6.61 Å². The van der Waals surface area contributed by atoms with Gasteiger partial charge in [0.2, 0.25) is 0 Å². The van der Waals surface area contributed by atoms with Gasteiger partial charge in [0, 0.05) is 0 Å². The lowest BCUT2D eigenvalue weighted by atomic mass is 10.2. The second-order valence-corrected chi connectivity index (χ2v) is 5.56. The van der Waals surface area contributed by atoms with Crippen LogP contribution < -0.4 is 14.2 Å². The summed E-state index contributed by atoms with van der Waals surface area (Å²) < 4.78 is 29.6. The smallest absolute Gasteiger partial charge is 0.161 e. The van der Waals surface area contributed by atoms with Crippen molar-refractivity contribution in [2.24, 2.45) is 0 Å². The second kappa shape index (κ2) is 8.72. The molecule has 0 amide bonds. The van der Waals surface area contributed by atoms with Gasteiger partial charge in [-0.15, -0.1) is 0 Å². The highest BCUT2D eigenvalue weighted by atomic mass is 19.1. The lowest BCUT2D eigenvalue weighted by Crippen LogP contribution is -1.97. The molecule has 0 heterocycles. The molecule has 3 rings (SSSR count). The number of methoxy groups -OCH3 is 1. The molecule has 3 aromatic rings. The molecule has 0 aliphatic rings. The van der Waals surface area contributed by atoms with E-state index in [9.17, 15) is 4.39 Å². The number of benzene rings is 3. The predicted molar refractivity (Wildman–Crippen MR) is 99.8 cm³/mol. The van der Waals surface area contributed by atoms with Gasteiger partial charge in [-0.2, -0.15) is 0 Å². The quantitative estimate of drug-likeness (QED) is 0.529. The van der Waals surface area contributed by atoms with Gasteiger partial charge in [-0.3, -0.25) is 0 Å². The Hall–Kier alpha value is -3.27. The normalized spacial score (nSPS) is 10.7. The van der Waals surface area contributed by atoms with Gasteiger partial charge in [0.15, 0.2) is 11.5 Å². The molecule has 3 nitrogen and oxygen atoms in total. The van der Waals surface area contributed by atoms with Crippen molar-refractivity contribution >= 4 is 6.08 Å². The average molecular weight is 350 g/mol. The highest BCUT2D eigenvalue weighted by Gasteiger charge is 2.05. The highest BCUT2D eigenvalue weighted by molar-refractivity contribution is 5.55. The van der Waals surface area contributed by atoms with E-state index in [1.165, 1.54) is 12.1 Å². The van der Waals surface area contributed by atoms with Crippen molar-refractivity contribution in [1.29, 1.82) is 0 Å². The zero-order valence-electron chi connectivity index (χ0n) is 14.4. The number of hydrogen-bond acceptors (Lipinski definition) is 3. The summed E-state index contributed by atoms with van der Waals surface area (Å²) in [6, 6.07) is 21.4. The summed E-state index contributed by atoms with van der Waals surface area (Å²) in [5.74, 6) is 1.59. The Morgan fingerprint density at radius 2 is 1.65 bits per heavy atom. The van der Waals surface area contributed by atoms with Crippen molar-refractivity contribution in [3.05, 3.63) is 96.0 Å². The fourth-order valence-electron chi connectivity index (χ4n) is 2.35. The first kappa shape index (κ1) is 17.5. The fourth-order valence-corrected chi connectivity index (χ4v) is 2.35. The number of ether oxygens (including phenoxy) is 3. The molecule has 0 radical (unpaired) electrons. The monoisotopic (exact) mass is 350 g/mol. The molecule has 0 saturated carbocycles. The maximum atomic E-state index is 12.9. The van der Waals surface area contributed by atoms with Crippen LogP contribution in [-0.4, -0.2) is 7.11 Å². The average Bonchev–Trinajstić information content (AvgIpc) is 2.69. The van der Waals surface area contributed by atoms with Gasteiger partial charge < -0.3 is 14.2 Å². The lowest BCUT2D eigenvalue weighted by molar-refractivity contribution is 0.284. The Labute approximate surface area is 152 Å². The molecule has 4 heteroatoms. The Morgan fingerprint density at radius 3 is 2.38 bits per heavy atom. The van der Waals surface area contributed by atoms with Gasteiger partial charge in [-0.1, -0.05) is 36.4 Å². The van der Waals surface area contributed by atoms with Crippen molar-refractivity contribution in [3.8, 4) is 17.2 Å². The highest BCUT2D eigenvalue weighted by Crippen LogP contribution is 2.29. The molecule has 0 aliphatic carbocycles. The van der Waals surface area contributed by atoms with Crippen LogP contribution in [0.25, 0.3) is 6.08 Å². The first-order valence-corrected chi connectivity index (χ1v) is 8.18. The van der Waals surface area contributed by atoms with E-state index in [4.69, 9.17) is 14.2 Å². The zero-order chi connectivity index (χ0) is 18.2. The van der Waals surface area contributed by atoms with Crippen molar-refractivity contribution in [1.82, 2.24) is 0 Å². The van der Waals surface area contributed by atoms with Gasteiger partial charge in [-0.25, -0.2) is 4.39 Å². The first-order chi connectivity index (χ1) is 12.7. The number of rotatable bonds is 7. The van der Waals surface area contributed by atoms with E-state index in [0.717, 1.165) is 11.1 Å². The summed E-state index contributed by atoms with van der Waals surface area (Å²) in [5.41, 5.74) is 1.99. The summed E-state index contributed by atoms with van der Waals surface area (Å²) in [4.78, 5) is 0. The van der Waals surface area contributed by atoms with E-state index in [-0.39, 0.29) is 5.82 Å². The summed E-state index contributed by atoms with van der Waals surface area (Å²) in [5, 5.41) is 0. The second-order valence-electron chi connectivity index (χ2n) is 5.56. The van der Waals surface area contributed by atoms with Crippen LogP contribution in [0.3, 0.4) is 0 Å². The molecule has 0 saturated heterocycles. The zero-order valence-corrected chi connectivity index (χ0v) is 14.4. The van der Waals surface area contributed by atoms with Crippen molar-refractivity contribution in [2.45, 2.75) is 6.61 Å². The third kappa shape index (κ3) is 4.86. The van der Waals surface area contributed by atoms with Gasteiger partial charge in [0.25, 0.3) is 0 Å². The molecular weight excluding hydrogens is 331 g/mol. The van der Waals surface area contributed by atoms with Gasteiger partial charge in [-0.05, 0) is 53.6 Å². The molecule has 0 bridgehead atoms. The Kier molecular flexibility index (Phi) is 5.88. The van der Waals surface area contributed by atoms with E-state index < -0.39 is 0 Å². The largest absolute Gasteiger partial charge is 0.493 e. The molecule has 0 unspecified atom stereocenters. The molecule has 0 aromatic heterocycles. The fraction of sp³-hybridized carbons (Fsp3) is 0.0909. The van der Waals surface area contributed by atoms with Gasteiger partial charge in [0.1, 0.15) is 18.2 Å². The standard InChI is InChI=1S/C22H19FO3/c1-24-22-15-17(13-14-25-20-10-8-19(23)9-11-20)7-12-21(22)26-16-18-5-3-2-4-6-18/h2-15H,16H2,1H3. The van der Waals surface area contributed by atoms with Gasteiger partial charge in [0.05, 0.1) is 13.4 Å². The number of hydrogen-bond donors (Lipinski definition) is 0. The molecule has 3 aromatic carbocycles. The third-order valence-electron chi connectivity index (χ3n) is 3.70. The summed E-state index contributed by atoms with van der Waals surface area (Å²) in [6.45, 7) is 0.472. The maximum absolute atomic E-state index is 12.9. The van der Waals surface area contributed by atoms with E-state index in [0.29, 0.717) is 23.9 Å². The molecule has 0 fully saturated rings. The van der Waals surface area contributed by atoms with Gasteiger partial charge >= 0.3 is 0 Å². The molecule has 0 atom stereocenters. The SMILES string of the molecule is COc1cc(C=COc2ccc(F)cc2)ccc1OCc1ccccc1. The van der Waals surface area contributed by atoms with E-state index in [1.54, 1.807) is 31.6 Å². The molecular formula is C22H19FO3. The Balaban J connectivity index is 1.64. The molecule has 26 heavy (non-hydrogen) atoms. The van der Waals surface area contributed by atoms with Crippen molar-refractivity contribution < 1.29 is 18.6 Å². The lowest BCUT2D eigenvalue weighted by Gasteiger charge is -2.11. The van der Waals surface area contributed by atoms with Crippen LogP contribution >= 0.6 is 0 Å². The Bertz CT molecular complexity index is 858. The maximum Gasteiger partial charge on any atom is 0.161 e. The minimum Gasteiger partial charge on any atom is -0.493 e. The molecule has 132 valence electrons. The summed E-state index contributed by atoms with van der Waals surface area (Å²) >= 11 is 0. The summed E-state index contributed by atoms with van der Waals surface area (Å²) in [7, 11) is 1.60. The summed E-state index contributed by atoms with van der Waals surface area (Å²) in [6.07, 6.45) is 3.35. The van der Waals surface area contributed by atoms with E-state index in [2.05, 4.69) is 0 Å². The molecule has 0 spiro atoms. The van der Waals surface area contributed by atoms with E-state index >= 15 is 0 Å². The minimum absolute atomic E-state index is 0.294. The third-order valence-corrected chi connectivity index (χ3v) is 3.70. The molecule has 0 N–H and O–H groups in total. The van der Waals surface area contributed by atoms with Crippen LogP contribution in [0.5, 0.6) is 17.2 Å². The van der Waals surface area contributed by atoms with Crippen LogP contribution in [0.4, 0.5) is 4.39 Å². The minimum atomic E-state index is -0.294. The van der Waals surface area contributed by atoms with Crippen molar-refractivity contribution in [3.63, 3.8) is 0 Å². The van der Waals surface area contributed by atoms with Crippen LogP contribution in [0.2, 0.25) is 0 Å². The predicted octanol–water partition coefficient (Wildman–Crippen LogP) is 5.46. The number of halogens is 1. The first-order valence-electron chi connectivity index (χ1n) is 8.18. The van der Waals surface area contributed by atoms with Crippen LogP contribution in [0.15, 0.2) is 79.1 Å². The molecule has 0 aliphatic heterocycles.